The molecule has 9 nitrogen and oxygen atoms in total. The van der Waals surface area contributed by atoms with Crippen molar-refractivity contribution in [3.63, 3.8) is 0 Å². The van der Waals surface area contributed by atoms with Crippen LogP contribution < -0.4 is 21.7 Å². The van der Waals surface area contributed by atoms with E-state index in [0.717, 1.165) is 5.56 Å². The van der Waals surface area contributed by atoms with Crippen molar-refractivity contribution in [2.75, 3.05) is 0 Å². The fourth-order valence-electron chi connectivity index (χ4n) is 2.77. The summed E-state index contributed by atoms with van der Waals surface area (Å²) in [6.45, 7) is 8.22. The van der Waals surface area contributed by atoms with Crippen LogP contribution in [0.5, 0.6) is 0 Å². The van der Waals surface area contributed by atoms with Gasteiger partial charge in [0.05, 0.1) is 5.54 Å². The Morgan fingerprint density at radius 1 is 0.935 bits per heavy atom. The summed E-state index contributed by atoms with van der Waals surface area (Å²) in [5.74, 6) is -2.79. The molecule has 0 aromatic heterocycles. The summed E-state index contributed by atoms with van der Waals surface area (Å²) in [4.78, 5) is 49.1. The van der Waals surface area contributed by atoms with Crippen molar-refractivity contribution in [2.24, 2.45) is 11.7 Å². The molecule has 3 atom stereocenters. The van der Waals surface area contributed by atoms with Crippen LogP contribution in [0.15, 0.2) is 30.3 Å². The van der Waals surface area contributed by atoms with Crippen LogP contribution in [0.25, 0.3) is 0 Å². The molecule has 1 rings (SSSR count). The highest BCUT2D eigenvalue weighted by Crippen LogP contribution is 2.08. The lowest BCUT2D eigenvalue weighted by atomic mass is 10.0. The minimum Gasteiger partial charge on any atom is -0.480 e. The second kappa shape index (κ2) is 11.5. The van der Waals surface area contributed by atoms with Crippen molar-refractivity contribution in [2.45, 2.75) is 71.1 Å². The van der Waals surface area contributed by atoms with Gasteiger partial charge in [0.1, 0.15) is 18.1 Å². The summed E-state index contributed by atoms with van der Waals surface area (Å²) in [6.07, 6.45) is 0.417. The standard InChI is InChI=1S/C22H34N4O5/c1-13(2)11-17(20(29)30)26-19(28)16(12-15-9-7-6-8-10-15)25-18(27)14(3)24-21(31)22(4,5)23/h6-10,13-14,16-17H,11-12,23H2,1-5H3,(H,24,31)(H,25,27)(H,26,28)(H,29,30)/t14-,16-,17-/m0/s1. The molecule has 31 heavy (non-hydrogen) atoms. The molecular weight excluding hydrogens is 400 g/mol. The van der Waals surface area contributed by atoms with Crippen LogP contribution in [0, 0.1) is 5.92 Å². The Morgan fingerprint density at radius 2 is 1.48 bits per heavy atom. The molecule has 9 heteroatoms. The quantitative estimate of drug-likeness (QED) is 0.344. The van der Waals surface area contributed by atoms with Gasteiger partial charge in [0.2, 0.25) is 17.7 Å². The molecule has 0 spiro atoms. The smallest absolute Gasteiger partial charge is 0.326 e. The number of aliphatic carboxylic acids is 1. The molecule has 0 bridgehead atoms. The fourth-order valence-corrected chi connectivity index (χ4v) is 2.77. The molecule has 0 aliphatic rings. The molecule has 0 aliphatic carbocycles. The Kier molecular flexibility index (Phi) is 9.64. The first-order valence-corrected chi connectivity index (χ1v) is 10.3. The Bertz CT molecular complexity index is 774. The molecular formula is C22H34N4O5. The number of nitrogens with two attached hydrogens (primary N) is 1. The van der Waals surface area contributed by atoms with Gasteiger partial charge in [0.15, 0.2) is 0 Å². The molecule has 0 unspecified atom stereocenters. The Morgan fingerprint density at radius 3 is 1.97 bits per heavy atom. The second-order valence-corrected chi connectivity index (χ2v) is 8.70. The molecule has 3 amide bonds. The summed E-state index contributed by atoms with van der Waals surface area (Å²) < 4.78 is 0. The lowest BCUT2D eigenvalue weighted by molar-refractivity contribution is -0.142. The van der Waals surface area contributed by atoms with E-state index < -0.39 is 47.4 Å². The zero-order valence-electron chi connectivity index (χ0n) is 18.8. The van der Waals surface area contributed by atoms with Gasteiger partial charge in [-0.2, -0.15) is 0 Å². The summed E-state index contributed by atoms with van der Waals surface area (Å²) >= 11 is 0. The van der Waals surface area contributed by atoms with E-state index in [1.54, 1.807) is 24.3 Å². The molecule has 0 heterocycles. The number of carboxylic acid groups (broad SMARTS) is 1. The van der Waals surface area contributed by atoms with Gasteiger partial charge in [-0.05, 0) is 38.7 Å². The van der Waals surface area contributed by atoms with Gasteiger partial charge in [-0.25, -0.2) is 4.79 Å². The van der Waals surface area contributed by atoms with E-state index in [9.17, 15) is 24.3 Å². The Labute approximate surface area is 183 Å². The van der Waals surface area contributed by atoms with Crippen molar-refractivity contribution in [3.05, 3.63) is 35.9 Å². The monoisotopic (exact) mass is 434 g/mol. The lowest BCUT2D eigenvalue weighted by Gasteiger charge is -2.25. The number of carboxylic acids is 1. The topological polar surface area (TPSA) is 151 Å². The van der Waals surface area contributed by atoms with Crippen molar-refractivity contribution >= 4 is 23.7 Å². The molecule has 1 aromatic rings. The number of carbonyl (C=O) groups is 4. The van der Waals surface area contributed by atoms with Crippen molar-refractivity contribution in [1.29, 1.82) is 0 Å². The fraction of sp³-hybridized carbons (Fsp3) is 0.545. The van der Waals surface area contributed by atoms with E-state index in [1.165, 1.54) is 20.8 Å². The first-order chi connectivity index (χ1) is 14.3. The van der Waals surface area contributed by atoms with E-state index in [2.05, 4.69) is 16.0 Å². The van der Waals surface area contributed by atoms with Crippen LogP contribution in [-0.4, -0.2) is 52.5 Å². The number of rotatable bonds is 11. The molecule has 0 saturated heterocycles. The van der Waals surface area contributed by atoms with Gasteiger partial charge in [-0.1, -0.05) is 44.2 Å². The first-order valence-electron chi connectivity index (χ1n) is 10.3. The normalized spacial score (nSPS) is 14.3. The van der Waals surface area contributed by atoms with Gasteiger partial charge in [-0.3, -0.25) is 14.4 Å². The largest absolute Gasteiger partial charge is 0.480 e. The maximum atomic E-state index is 12.9. The zero-order valence-corrected chi connectivity index (χ0v) is 18.8. The molecule has 0 aliphatic heterocycles. The highest BCUT2D eigenvalue weighted by atomic mass is 16.4. The molecule has 6 N–H and O–H groups in total. The van der Waals surface area contributed by atoms with E-state index in [1.807, 2.05) is 19.9 Å². The molecule has 0 fully saturated rings. The van der Waals surface area contributed by atoms with Crippen molar-refractivity contribution in [1.82, 2.24) is 16.0 Å². The van der Waals surface area contributed by atoms with Crippen LogP contribution in [0.3, 0.4) is 0 Å². The number of amides is 3. The van der Waals surface area contributed by atoms with Gasteiger partial charge < -0.3 is 26.8 Å². The van der Waals surface area contributed by atoms with Crippen molar-refractivity contribution < 1.29 is 24.3 Å². The van der Waals surface area contributed by atoms with Crippen LogP contribution in [0.4, 0.5) is 0 Å². The third kappa shape index (κ3) is 9.17. The Hall–Kier alpha value is -2.94. The maximum absolute atomic E-state index is 12.9. The summed E-state index contributed by atoms with van der Waals surface area (Å²) in [5.41, 5.74) is 5.36. The average Bonchev–Trinajstić information content (AvgIpc) is 2.66. The van der Waals surface area contributed by atoms with E-state index in [-0.39, 0.29) is 18.8 Å². The minimum absolute atomic E-state index is 0.0541. The number of hydrogen-bond donors (Lipinski definition) is 5. The van der Waals surface area contributed by atoms with Crippen molar-refractivity contribution in [3.8, 4) is 0 Å². The predicted molar refractivity (Wildman–Crippen MR) is 117 cm³/mol. The molecule has 0 radical (unpaired) electrons. The number of hydrogen-bond acceptors (Lipinski definition) is 5. The number of benzene rings is 1. The first kappa shape index (κ1) is 26.1. The summed E-state index contributed by atoms with van der Waals surface area (Å²) in [6, 6.07) is 6.01. The van der Waals surface area contributed by atoms with Crippen LogP contribution >= 0.6 is 0 Å². The summed E-state index contributed by atoms with van der Waals surface area (Å²) in [5, 5.41) is 17.1. The third-order valence-corrected chi connectivity index (χ3v) is 4.56. The van der Waals surface area contributed by atoms with Crippen LogP contribution in [-0.2, 0) is 25.6 Å². The van der Waals surface area contributed by atoms with Crippen LogP contribution in [0.2, 0.25) is 0 Å². The third-order valence-electron chi connectivity index (χ3n) is 4.56. The zero-order chi connectivity index (χ0) is 23.8. The molecule has 172 valence electrons. The van der Waals surface area contributed by atoms with Gasteiger partial charge in [0.25, 0.3) is 0 Å². The van der Waals surface area contributed by atoms with Crippen LogP contribution in [0.1, 0.15) is 46.6 Å². The summed E-state index contributed by atoms with van der Waals surface area (Å²) in [7, 11) is 0. The number of carbonyl (C=O) groups excluding carboxylic acids is 3. The van der Waals surface area contributed by atoms with E-state index >= 15 is 0 Å². The van der Waals surface area contributed by atoms with Gasteiger partial charge in [-0.15, -0.1) is 0 Å². The maximum Gasteiger partial charge on any atom is 0.326 e. The van der Waals surface area contributed by atoms with E-state index in [0.29, 0.717) is 0 Å². The van der Waals surface area contributed by atoms with Gasteiger partial charge >= 0.3 is 5.97 Å². The lowest BCUT2D eigenvalue weighted by Crippen LogP contribution is -2.58. The predicted octanol–water partition coefficient (Wildman–Crippen LogP) is 0.571. The average molecular weight is 435 g/mol. The SMILES string of the molecule is CC(C)C[C@H](NC(=O)[C@H](Cc1ccccc1)NC(=O)[C@H](C)NC(=O)C(C)(C)N)C(=O)O. The minimum atomic E-state index is -1.17. The Balaban J connectivity index is 2.97. The van der Waals surface area contributed by atoms with Gasteiger partial charge in [0, 0.05) is 6.42 Å². The highest BCUT2D eigenvalue weighted by Gasteiger charge is 2.30. The van der Waals surface area contributed by atoms with E-state index in [4.69, 9.17) is 5.73 Å². The second-order valence-electron chi connectivity index (χ2n) is 8.70. The highest BCUT2D eigenvalue weighted by molar-refractivity contribution is 5.94. The molecule has 0 saturated carbocycles. The molecule has 1 aromatic carbocycles. The number of nitrogens with one attached hydrogen (secondary N) is 3.